The van der Waals surface area contributed by atoms with Crippen LogP contribution in [0.1, 0.15) is 25.6 Å². The first-order valence-corrected chi connectivity index (χ1v) is 5.33. The van der Waals surface area contributed by atoms with Gasteiger partial charge in [-0.1, -0.05) is 13.8 Å². The SMILES string of the molecule is COCCNc1cc(OC)nc(C(C)C)n1. The molecule has 1 heterocycles. The van der Waals surface area contributed by atoms with E-state index in [9.17, 15) is 0 Å². The number of methoxy groups -OCH3 is 2. The third kappa shape index (κ3) is 3.66. The Hall–Kier alpha value is -1.36. The third-order valence-electron chi connectivity index (χ3n) is 2.06. The maximum absolute atomic E-state index is 5.13. The van der Waals surface area contributed by atoms with Gasteiger partial charge in [0.1, 0.15) is 11.6 Å². The Balaban J connectivity index is 2.78. The molecule has 1 N–H and O–H groups in total. The van der Waals surface area contributed by atoms with E-state index >= 15 is 0 Å². The zero-order chi connectivity index (χ0) is 12.0. The number of nitrogens with zero attached hydrogens (tertiary/aromatic N) is 2. The highest BCUT2D eigenvalue weighted by Gasteiger charge is 2.07. The summed E-state index contributed by atoms with van der Waals surface area (Å²) in [5.41, 5.74) is 0. The molecule has 1 aromatic rings. The fraction of sp³-hybridized carbons (Fsp3) is 0.636. The van der Waals surface area contributed by atoms with Gasteiger partial charge in [0.25, 0.3) is 0 Å². The Morgan fingerprint density at radius 2 is 2.06 bits per heavy atom. The fourth-order valence-corrected chi connectivity index (χ4v) is 1.18. The molecule has 0 radical (unpaired) electrons. The van der Waals surface area contributed by atoms with E-state index in [0.717, 1.165) is 11.6 Å². The Bertz CT molecular complexity index is 329. The molecule has 0 aliphatic rings. The van der Waals surface area contributed by atoms with Crippen LogP contribution >= 0.6 is 0 Å². The van der Waals surface area contributed by atoms with Crippen LogP contribution in [0, 0.1) is 0 Å². The second kappa shape index (κ2) is 6.27. The average Bonchev–Trinajstić information content (AvgIpc) is 2.29. The smallest absolute Gasteiger partial charge is 0.218 e. The second-order valence-electron chi connectivity index (χ2n) is 3.73. The molecule has 0 amide bonds. The summed E-state index contributed by atoms with van der Waals surface area (Å²) in [4.78, 5) is 8.67. The van der Waals surface area contributed by atoms with Crippen LogP contribution in [0.3, 0.4) is 0 Å². The van der Waals surface area contributed by atoms with E-state index in [0.29, 0.717) is 19.0 Å². The molecular weight excluding hydrogens is 206 g/mol. The minimum atomic E-state index is 0.276. The van der Waals surface area contributed by atoms with E-state index < -0.39 is 0 Å². The summed E-state index contributed by atoms with van der Waals surface area (Å²) in [5, 5.41) is 3.16. The van der Waals surface area contributed by atoms with Gasteiger partial charge in [-0.3, -0.25) is 0 Å². The predicted octanol–water partition coefficient (Wildman–Crippen LogP) is 1.67. The van der Waals surface area contributed by atoms with Crippen molar-refractivity contribution in [3.05, 3.63) is 11.9 Å². The van der Waals surface area contributed by atoms with E-state index in [2.05, 4.69) is 15.3 Å². The van der Waals surface area contributed by atoms with E-state index in [1.54, 1.807) is 20.3 Å². The number of rotatable bonds is 6. The zero-order valence-corrected chi connectivity index (χ0v) is 10.3. The number of nitrogens with one attached hydrogen (secondary N) is 1. The summed E-state index contributed by atoms with van der Waals surface area (Å²) < 4.78 is 10.1. The lowest BCUT2D eigenvalue weighted by atomic mass is 10.2. The standard InChI is InChI=1S/C11H19N3O2/c1-8(2)11-13-9(12-5-6-15-3)7-10(14-11)16-4/h7-8H,5-6H2,1-4H3,(H,12,13,14). The Labute approximate surface area is 96.2 Å². The molecule has 0 saturated heterocycles. The summed E-state index contributed by atoms with van der Waals surface area (Å²) in [6.45, 7) is 5.46. The number of aromatic nitrogens is 2. The van der Waals surface area contributed by atoms with Crippen LogP contribution < -0.4 is 10.1 Å². The summed E-state index contributed by atoms with van der Waals surface area (Å²) in [6, 6.07) is 1.78. The average molecular weight is 225 g/mol. The molecule has 0 spiro atoms. The second-order valence-corrected chi connectivity index (χ2v) is 3.73. The topological polar surface area (TPSA) is 56.3 Å². The van der Waals surface area contributed by atoms with E-state index in [1.807, 2.05) is 13.8 Å². The molecule has 0 bridgehead atoms. The van der Waals surface area contributed by atoms with Crippen molar-refractivity contribution >= 4 is 5.82 Å². The molecule has 0 fully saturated rings. The number of hydrogen-bond acceptors (Lipinski definition) is 5. The highest BCUT2D eigenvalue weighted by Crippen LogP contribution is 2.17. The van der Waals surface area contributed by atoms with Crippen molar-refractivity contribution in [1.82, 2.24) is 9.97 Å². The lowest BCUT2D eigenvalue weighted by Gasteiger charge is -2.10. The Kier molecular flexibility index (Phi) is 4.98. The summed E-state index contributed by atoms with van der Waals surface area (Å²) in [6.07, 6.45) is 0. The van der Waals surface area contributed by atoms with Gasteiger partial charge in [-0.05, 0) is 0 Å². The number of ether oxygens (including phenoxy) is 2. The molecule has 0 unspecified atom stereocenters. The van der Waals surface area contributed by atoms with Gasteiger partial charge >= 0.3 is 0 Å². The van der Waals surface area contributed by atoms with Crippen LogP contribution in [0.4, 0.5) is 5.82 Å². The van der Waals surface area contributed by atoms with Crippen LogP contribution in [-0.2, 0) is 4.74 Å². The van der Waals surface area contributed by atoms with Crippen LogP contribution in [0.2, 0.25) is 0 Å². The van der Waals surface area contributed by atoms with Gasteiger partial charge in [-0.25, -0.2) is 4.98 Å². The molecule has 1 rings (SSSR count). The lowest BCUT2D eigenvalue weighted by Crippen LogP contribution is -2.11. The van der Waals surface area contributed by atoms with Crippen molar-refractivity contribution in [3.8, 4) is 5.88 Å². The quantitative estimate of drug-likeness (QED) is 0.746. The monoisotopic (exact) mass is 225 g/mol. The minimum absolute atomic E-state index is 0.276. The van der Waals surface area contributed by atoms with Crippen LogP contribution in [0.15, 0.2) is 6.07 Å². The summed E-state index contributed by atoms with van der Waals surface area (Å²) >= 11 is 0. The maximum atomic E-state index is 5.13. The molecule has 0 atom stereocenters. The van der Waals surface area contributed by atoms with Gasteiger partial charge in [0, 0.05) is 25.6 Å². The predicted molar refractivity (Wildman–Crippen MR) is 63.0 cm³/mol. The highest BCUT2D eigenvalue weighted by molar-refractivity contribution is 5.38. The number of anilines is 1. The Morgan fingerprint density at radius 1 is 1.31 bits per heavy atom. The molecule has 0 aliphatic carbocycles. The van der Waals surface area contributed by atoms with Gasteiger partial charge < -0.3 is 14.8 Å². The molecule has 5 nitrogen and oxygen atoms in total. The van der Waals surface area contributed by atoms with Gasteiger partial charge in [0.05, 0.1) is 13.7 Å². The van der Waals surface area contributed by atoms with Crippen LogP contribution in [0.5, 0.6) is 5.88 Å². The normalized spacial score (nSPS) is 10.6. The summed E-state index contributed by atoms with van der Waals surface area (Å²) in [5.74, 6) is 2.41. The largest absolute Gasteiger partial charge is 0.481 e. The van der Waals surface area contributed by atoms with E-state index in [-0.39, 0.29) is 5.92 Å². The molecular formula is C11H19N3O2. The van der Waals surface area contributed by atoms with Crippen molar-refractivity contribution in [2.24, 2.45) is 0 Å². The molecule has 90 valence electrons. The van der Waals surface area contributed by atoms with Gasteiger partial charge in [-0.2, -0.15) is 4.98 Å². The first-order valence-electron chi connectivity index (χ1n) is 5.33. The van der Waals surface area contributed by atoms with Crippen molar-refractivity contribution in [2.45, 2.75) is 19.8 Å². The minimum Gasteiger partial charge on any atom is -0.481 e. The first-order chi connectivity index (χ1) is 7.67. The molecule has 16 heavy (non-hydrogen) atoms. The molecule has 5 heteroatoms. The van der Waals surface area contributed by atoms with Gasteiger partial charge in [0.2, 0.25) is 5.88 Å². The summed E-state index contributed by atoms with van der Waals surface area (Å²) in [7, 11) is 3.27. The lowest BCUT2D eigenvalue weighted by molar-refractivity contribution is 0.210. The van der Waals surface area contributed by atoms with Crippen LogP contribution in [0.25, 0.3) is 0 Å². The van der Waals surface area contributed by atoms with Gasteiger partial charge in [0.15, 0.2) is 0 Å². The molecule has 0 saturated carbocycles. The first kappa shape index (κ1) is 12.7. The number of hydrogen-bond donors (Lipinski definition) is 1. The fourth-order valence-electron chi connectivity index (χ4n) is 1.18. The van der Waals surface area contributed by atoms with Crippen molar-refractivity contribution in [2.75, 3.05) is 32.7 Å². The van der Waals surface area contributed by atoms with Crippen molar-refractivity contribution in [1.29, 1.82) is 0 Å². The highest BCUT2D eigenvalue weighted by atomic mass is 16.5. The molecule has 1 aromatic heterocycles. The Morgan fingerprint density at radius 3 is 2.62 bits per heavy atom. The van der Waals surface area contributed by atoms with Gasteiger partial charge in [-0.15, -0.1) is 0 Å². The van der Waals surface area contributed by atoms with Crippen molar-refractivity contribution in [3.63, 3.8) is 0 Å². The van der Waals surface area contributed by atoms with E-state index in [4.69, 9.17) is 9.47 Å². The molecule has 0 aliphatic heterocycles. The zero-order valence-electron chi connectivity index (χ0n) is 10.3. The maximum Gasteiger partial charge on any atom is 0.218 e. The van der Waals surface area contributed by atoms with E-state index in [1.165, 1.54) is 0 Å². The van der Waals surface area contributed by atoms with Crippen LogP contribution in [-0.4, -0.2) is 37.3 Å². The molecule has 0 aromatic carbocycles. The third-order valence-corrected chi connectivity index (χ3v) is 2.06. The van der Waals surface area contributed by atoms with Crippen molar-refractivity contribution < 1.29 is 9.47 Å².